The molecule has 270 valence electrons. The highest BCUT2D eigenvalue weighted by atomic mass is 35.5. The molecule has 1 amide bonds. The number of fused-ring (bicyclic) bond motifs is 2. The van der Waals surface area contributed by atoms with Crippen LogP contribution in [0, 0.1) is 28.9 Å². The van der Waals surface area contributed by atoms with Gasteiger partial charge in [0.15, 0.2) is 11.6 Å². The average molecular weight is 751 g/mol. The van der Waals surface area contributed by atoms with Crippen LogP contribution < -0.4 is 25.4 Å². The summed E-state index contributed by atoms with van der Waals surface area (Å²) in [6.07, 6.45) is 3.37. The van der Waals surface area contributed by atoms with Gasteiger partial charge in [-0.3, -0.25) is 15.0 Å². The molecule has 16 heteroatoms. The number of benzene rings is 2. The summed E-state index contributed by atoms with van der Waals surface area (Å²) in [4.78, 5) is 28.7. The molecule has 4 atom stereocenters. The molecular formula is C36H34ClF3N8O3S. The molecule has 7 heterocycles. The van der Waals surface area contributed by atoms with E-state index in [0.29, 0.717) is 44.3 Å². The number of nitrogens with one attached hydrogen (secondary N) is 1. The number of rotatable bonds is 7. The van der Waals surface area contributed by atoms with E-state index in [1.54, 1.807) is 0 Å². The molecule has 2 aromatic carbocycles. The number of alkyl halides is 1. The smallest absolute Gasteiger partial charge is 0.319 e. The Morgan fingerprint density at radius 3 is 2.83 bits per heavy atom. The van der Waals surface area contributed by atoms with Crippen molar-refractivity contribution in [2.75, 3.05) is 56.6 Å². The van der Waals surface area contributed by atoms with Crippen LogP contribution >= 0.6 is 22.9 Å². The number of halogens is 4. The number of carbonyl (C=O) groups is 1. The maximum absolute atomic E-state index is 17.3. The third kappa shape index (κ3) is 4.87. The van der Waals surface area contributed by atoms with Crippen LogP contribution in [-0.2, 0) is 4.79 Å². The number of nitrogens with two attached hydrogens (primary N) is 1. The molecule has 52 heavy (non-hydrogen) atoms. The highest BCUT2D eigenvalue weighted by Crippen LogP contribution is 2.51. The number of likely N-dealkylation sites (tertiary alicyclic amines) is 1. The predicted octanol–water partition coefficient (Wildman–Crippen LogP) is 5.01. The van der Waals surface area contributed by atoms with Crippen LogP contribution in [0.15, 0.2) is 12.1 Å². The van der Waals surface area contributed by atoms with Gasteiger partial charge in [-0.05, 0) is 49.8 Å². The minimum Gasteiger partial charge on any atom is -0.489 e. The van der Waals surface area contributed by atoms with Gasteiger partial charge in [-0.2, -0.15) is 15.2 Å². The quantitative estimate of drug-likeness (QED) is 0.248. The molecule has 2 aromatic heterocycles. The summed E-state index contributed by atoms with van der Waals surface area (Å²) in [6, 6.07) is 4.51. The Morgan fingerprint density at radius 2 is 2.04 bits per heavy atom. The highest BCUT2D eigenvalue weighted by molar-refractivity contribution is 7.23. The monoisotopic (exact) mass is 750 g/mol. The van der Waals surface area contributed by atoms with Gasteiger partial charge >= 0.3 is 6.01 Å². The molecular weight excluding hydrogens is 717 g/mol. The van der Waals surface area contributed by atoms with Gasteiger partial charge in [0.2, 0.25) is 5.91 Å². The molecule has 0 spiro atoms. The molecule has 5 aliphatic heterocycles. The summed E-state index contributed by atoms with van der Waals surface area (Å²) in [5.41, 5.74) is 5.56. The van der Waals surface area contributed by atoms with Crippen LogP contribution in [0.2, 0.25) is 5.02 Å². The third-order valence-corrected chi connectivity index (χ3v) is 13.2. The molecule has 3 N–H and O–H groups in total. The lowest BCUT2D eigenvalue weighted by atomic mass is 9.95. The van der Waals surface area contributed by atoms with E-state index < -0.39 is 23.3 Å². The van der Waals surface area contributed by atoms with Crippen molar-refractivity contribution in [1.29, 1.82) is 5.26 Å². The van der Waals surface area contributed by atoms with Crippen molar-refractivity contribution in [2.24, 2.45) is 5.92 Å². The molecule has 3 unspecified atom stereocenters. The summed E-state index contributed by atoms with van der Waals surface area (Å²) in [5, 5.41) is 13.7. The van der Waals surface area contributed by atoms with Crippen LogP contribution in [-0.4, -0.2) is 101 Å². The minimum absolute atomic E-state index is 0.0208. The van der Waals surface area contributed by atoms with Crippen molar-refractivity contribution >= 4 is 60.7 Å². The lowest BCUT2D eigenvalue weighted by molar-refractivity contribution is -0.135. The van der Waals surface area contributed by atoms with E-state index in [1.165, 1.54) is 12.1 Å². The summed E-state index contributed by atoms with van der Waals surface area (Å²) in [5.74, 6) is -0.242. The van der Waals surface area contributed by atoms with E-state index in [9.17, 15) is 14.4 Å². The second-order valence-electron chi connectivity index (χ2n) is 14.9. The SMILES string of the molecule is N#Cc1c(N)sc2c(F)ccc(-c3c(Cl)c4c5c(nc(OCC67CCCN6C[C@H](F)C7)nc5c3F)N(C3CN(C(=O)C5NC5C5CC5)C3)CCO4)c12. The summed E-state index contributed by atoms with van der Waals surface area (Å²) >= 11 is 7.96. The van der Waals surface area contributed by atoms with Crippen molar-refractivity contribution in [1.82, 2.24) is 25.1 Å². The fraction of sp³-hybridized carbons (Fsp3) is 0.500. The number of thiophene rings is 1. The van der Waals surface area contributed by atoms with Crippen molar-refractivity contribution < 1.29 is 27.4 Å². The lowest BCUT2D eigenvalue weighted by Gasteiger charge is -2.45. The molecule has 6 aliphatic rings. The Balaban J connectivity index is 1.08. The second kappa shape index (κ2) is 11.7. The topological polar surface area (TPSA) is 143 Å². The Bertz CT molecular complexity index is 2240. The summed E-state index contributed by atoms with van der Waals surface area (Å²) in [6.45, 7) is 2.68. The first-order valence-electron chi connectivity index (χ1n) is 17.8. The normalized spacial score (nSPS) is 27.0. The molecule has 1 saturated carbocycles. The standard InChI is InChI=1S/C36H34ClF3N8O3S/c37-25-23(19-4-5-21(39)31-22(19)20(11-41)32(42)52-31)26(40)28-24-30(25)50-9-8-48(18-13-46(14-18)34(49)29-27(43-29)16-2-3-16)33(24)45-35(44-28)51-15-36-6-1-7-47(36)12-17(38)10-36/h4-5,16-18,27,29,43H,1-3,6-10,12-15,42H2/t17-,27?,29?,36?/m1/s1. The van der Waals surface area contributed by atoms with E-state index in [4.69, 9.17) is 31.8 Å². The number of nitriles is 1. The third-order valence-electron chi connectivity index (χ3n) is 11.9. The largest absolute Gasteiger partial charge is 0.489 e. The van der Waals surface area contributed by atoms with E-state index in [2.05, 4.69) is 15.2 Å². The van der Waals surface area contributed by atoms with Gasteiger partial charge < -0.3 is 25.0 Å². The fourth-order valence-electron chi connectivity index (χ4n) is 9.01. The van der Waals surface area contributed by atoms with E-state index >= 15 is 8.78 Å². The van der Waals surface area contributed by atoms with Crippen LogP contribution in [0.25, 0.3) is 32.1 Å². The summed E-state index contributed by atoms with van der Waals surface area (Å²) < 4.78 is 59.6. The number of hydrogen-bond acceptors (Lipinski definition) is 11. The first-order chi connectivity index (χ1) is 25.2. The average Bonchev–Trinajstić information content (AvgIpc) is 4.00. The lowest BCUT2D eigenvalue weighted by Crippen LogP contribution is -2.63. The minimum atomic E-state index is -0.963. The van der Waals surface area contributed by atoms with Crippen LogP contribution in [0.5, 0.6) is 11.8 Å². The maximum atomic E-state index is 17.3. The van der Waals surface area contributed by atoms with Crippen LogP contribution in [0.3, 0.4) is 0 Å². The van der Waals surface area contributed by atoms with Gasteiger partial charge in [0.25, 0.3) is 0 Å². The molecule has 0 radical (unpaired) electrons. The molecule has 4 aromatic rings. The zero-order chi connectivity index (χ0) is 35.6. The number of anilines is 2. The molecule has 5 fully saturated rings. The van der Waals surface area contributed by atoms with Gasteiger partial charge in [0.05, 0.1) is 38.8 Å². The van der Waals surface area contributed by atoms with E-state index in [-0.39, 0.29) is 96.7 Å². The molecule has 10 rings (SSSR count). The van der Waals surface area contributed by atoms with Crippen LogP contribution in [0.4, 0.5) is 24.0 Å². The number of amides is 1. The predicted molar refractivity (Wildman–Crippen MR) is 190 cm³/mol. The number of ether oxygens (including phenoxy) is 2. The van der Waals surface area contributed by atoms with Crippen LogP contribution in [0.1, 0.15) is 37.7 Å². The molecule has 4 saturated heterocycles. The Morgan fingerprint density at radius 1 is 1.21 bits per heavy atom. The number of nitrogens with zero attached hydrogens (tertiary/aromatic N) is 6. The van der Waals surface area contributed by atoms with E-state index in [0.717, 1.165) is 43.6 Å². The Labute approximate surface area is 305 Å². The number of nitrogen functional groups attached to an aromatic ring is 1. The van der Waals surface area contributed by atoms with Crippen molar-refractivity contribution in [3.8, 4) is 29.0 Å². The zero-order valence-electron chi connectivity index (χ0n) is 27.9. The van der Waals surface area contributed by atoms with Gasteiger partial charge in [-0.1, -0.05) is 17.7 Å². The van der Waals surface area contributed by atoms with Crippen molar-refractivity contribution in [3.05, 3.63) is 34.4 Å². The van der Waals surface area contributed by atoms with Gasteiger partial charge in [0, 0.05) is 43.0 Å². The first-order valence-corrected chi connectivity index (χ1v) is 18.9. The van der Waals surface area contributed by atoms with Gasteiger partial charge in [-0.15, -0.1) is 11.3 Å². The molecule has 0 bridgehead atoms. The van der Waals surface area contributed by atoms with E-state index in [1.807, 2.05) is 15.9 Å². The van der Waals surface area contributed by atoms with Gasteiger partial charge in [0.1, 0.15) is 53.6 Å². The Kier molecular flexibility index (Phi) is 7.32. The van der Waals surface area contributed by atoms with Gasteiger partial charge in [-0.25, -0.2) is 13.2 Å². The molecule has 1 aliphatic carbocycles. The molecule has 11 nitrogen and oxygen atoms in total. The second-order valence-corrected chi connectivity index (χ2v) is 16.4. The Hall–Kier alpha value is -4.10. The zero-order valence-corrected chi connectivity index (χ0v) is 29.5. The van der Waals surface area contributed by atoms with Crippen molar-refractivity contribution in [2.45, 2.75) is 61.9 Å². The summed E-state index contributed by atoms with van der Waals surface area (Å²) in [7, 11) is 0. The maximum Gasteiger partial charge on any atom is 0.319 e. The number of carbonyl (C=O) groups excluding carboxylic acids is 1. The number of hydrogen-bond donors (Lipinski definition) is 2. The van der Waals surface area contributed by atoms with Crippen molar-refractivity contribution in [3.63, 3.8) is 0 Å². The first kappa shape index (κ1) is 32.5. The highest BCUT2D eigenvalue weighted by Gasteiger charge is 2.54. The number of aromatic nitrogens is 2. The fourth-order valence-corrected chi connectivity index (χ4v) is 10.3.